The van der Waals surface area contributed by atoms with Crippen LogP contribution >= 0.6 is 17.0 Å². The van der Waals surface area contributed by atoms with Crippen LogP contribution in [0.5, 0.6) is 0 Å². The van der Waals surface area contributed by atoms with E-state index in [1.807, 2.05) is 6.20 Å². The fourth-order valence-electron chi connectivity index (χ4n) is 1.82. The SMILES string of the molecule is Br.c1ccc2c(c1)ccc1[nH]ccc12. The number of hydrogen-bond donors (Lipinski definition) is 1. The van der Waals surface area contributed by atoms with Crippen LogP contribution in [0, 0.1) is 0 Å². The molecule has 0 saturated heterocycles. The van der Waals surface area contributed by atoms with E-state index in [2.05, 4.69) is 47.4 Å². The molecule has 1 nitrogen and oxygen atoms in total. The first-order valence-corrected chi connectivity index (χ1v) is 4.40. The Morgan fingerprint density at radius 1 is 0.786 bits per heavy atom. The molecule has 0 amide bonds. The number of fused-ring (bicyclic) bond motifs is 3. The molecule has 0 aliphatic carbocycles. The second kappa shape index (κ2) is 3.46. The van der Waals surface area contributed by atoms with Gasteiger partial charge in [-0.25, -0.2) is 0 Å². The molecule has 0 spiro atoms. The zero-order valence-corrected chi connectivity index (χ0v) is 9.24. The summed E-state index contributed by atoms with van der Waals surface area (Å²) >= 11 is 0. The van der Waals surface area contributed by atoms with Crippen molar-refractivity contribution < 1.29 is 0 Å². The molecule has 0 aliphatic heterocycles. The number of halogens is 1. The van der Waals surface area contributed by atoms with Crippen molar-refractivity contribution in [1.29, 1.82) is 0 Å². The standard InChI is InChI=1S/C12H9N.BrH/c1-2-4-10-9(3-1)5-6-12-11(10)7-8-13-12;/h1-8,13H;1H. The molecule has 0 radical (unpaired) electrons. The summed E-state index contributed by atoms with van der Waals surface area (Å²) in [5, 5.41) is 3.92. The Labute approximate surface area is 92.5 Å². The van der Waals surface area contributed by atoms with Crippen LogP contribution in [-0.2, 0) is 0 Å². The molecule has 70 valence electrons. The van der Waals surface area contributed by atoms with E-state index < -0.39 is 0 Å². The van der Waals surface area contributed by atoms with E-state index in [0.717, 1.165) is 0 Å². The molecule has 0 bridgehead atoms. The number of aromatic amines is 1. The second-order valence-corrected chi connectivity index (χ2v) is 3.23. The number of benzene rings is 2. The predicted molar refractivity (Wildman–Crippen MR) is 66.1 cm³/mol. The van der Waals surface area contributed by atoms with Crippen LogP contribution < -0.4 is 0 Å². The van der Waals surface area contributed by atoms with Gasteiger partial charge in [0.1, 0.15) is 0 Å². The molecule has 0 aliphatic rings. The Morgan fingerprint density at radius 3 is 2.57 bits per heavy atom. The first kappa shape index (κ1) is 9.28. The summed E-state index contributed by atoms with van der Waals surface area (Å²) in [6.07, 6.45) is 1.98. The average Bonchev–Trinajstić information content (AvgIpc) is 2.65. The van der Waals surface area contributed by atoms with Crippen LogP contribution in [0.3, 0.4) is 0 Å². The lowest BCUT2D eigenvalue weighted by Crippen LogP contribution is -1.72. The van der Waals surface area contributed by atoms with Crippen molar-refractivity contribution in [1.82, 2.24) is 4.98 Å². The highest BCUT2D eigenvalue weighted by molar-refractivity contribution is 8.93. The van der Waals surface area contributed by atoms with Crippen molar-refractivity contribution in [3.63, 3.8) is 0 Å². The van der Waals surface area contributed by atoms with Gasteiger partial charge in [0.25, 0.3) is 0 Å². The number of nitrogens with one attached hydrogen (secondary N) is 1. The normalized spacial score (nSPS) is 10.3. The van der Waals surface area contributed by atoms with E-state index in [-0.39, 0.29) is 17.0 Å². The summed E-state index contributed by atoms with van der Waals surface area (Å²) < 4.78 is 0. The van der Waals surface area contributed by atoms with Gasteiger partial charge >= 0.3 is 0 Å². The predicted octanol–water partition coefficient (Wildman–Crippen LogP) is 3.90. The summed E-state index contributed by atoms with van der Waals surface area (Å²) in [5.41, 5.74) is 1.21. The van der Waals surface area contributed by atoms with Crippen LogP contribution in [0.4, 0.5) is 0 Å². The van der Waals surface area contributed by atoms with Gasteiger partial charge in [-0.2, -0.15) is 0 Å². The molecule has 14 heavy (non-hydrogen) atoms. The Bertz CT molecular complexity index is 568. The largest absolute Gasteiger partial charge is 0.361 e. The van der Waals surface area contributed by atoms with Gasteiger partial charge in [-0.1, -0.05) is 30.3 Å². The highest BCUT2D eigenvalue weighted by Crippen LogP contribution is 2.23. The van der Waals surface area contributed by atoms with Gasteiger partial charge in [0, 0.05) is 17.1 Å². The molecule has 1 aromatic heterocycles. The lowest BCUT2D eigenvalue weighted by atomic mass is 10.1. The molecule has 2 heteroatoms. The van der Waals surface area contributed by atoms with Gasteiger partial charge in [-0.15, -0.1) is 17.0 Å². The molecular formula is C12H10BrN. The Morgan fingerprint density at radius 2 is 1.64 bits per heavy atom. The van der Waals surface area contributed by atoms with E-state index >= 15 is 0 Å². The van der Waals surface area contributed by atoms with Gasteiger partial charge in [-0.3, -0.25) is 0 Å². The zero-order valence-electron chi connectivity index (χ0n) is 7.53. The molecule has 3 aromatic rings. The van der Waals surface area contributed by atoms with E-state index in [0.29, 0.717) is 0 Å². The number of hydrogen-bond acceptors (Lipinski definition) is 0. The molecule has 1 heterocycles. The molecule has 0 unspecified atom stereocenters. The summed E-state index contributed by atoms with van der Waals surface area (Å²) in [6, 6.07) is 14.8. The minimum atomic E-state index is 0. The van der Waals surface area contributed by atoms with Crippen molar-refractivity contribution in [3.05, 3.63) is 48.7 Å². The molecule has 1 N–H and O–H groups in total. The average molecular weight is 248 g/mol. The van der Waals surface area contributed by atoms with Crippen LogP contribution in [0.1, 0.15) is 0 Å². The molecule has 0 saturated carbocycles. The lowest BCUT2D eigenvalue weighted by Gasteiger charge is -1.97. The fourth-order valence-corrected chi connectivity index (χ4v) is 1.82. The van der Waals surface area contributed by atoms with E-state index in [1.54, 1.807) is 0 Å². The maximum absolute atomic E-state index is 3.21. The van der Waals surface area contributed by atoms with E-state index in [4.69, 9.17) is 0 Å². The monoisotopic (exact) mass is 247 g/mol. The number of aromatic nitrogens is 1. The maximum atomic E-state index is 3.21. The van der Waals surface area contributed by atoms with Crippen molar-refractivity contribution in [2.75, 3.05) is 0 Å². The minimum absolute atomic E-state index is 0. The summed E-state index contributed by atoms with van der Waals surface area (Å²) in [7, 11) is 0. The molecular weight excluding hydrogens is 238 g/mol. The van der Waals surface area contributed by atoms with Crippen LogP contribution in [0.2, 0.25) is 0 Å². The van der Waals surface area contributed by atoms with Crippen LogP contribution in [0.25, 0.3) is 21.7 Å². The molecule has 2 aromatic carbocycles. The smallest absolute Gasteiger partial charge is 0.0460 e. The van der Waals surface area contributed by atoms with Gasteiger partial charge in [0.2, 0.25) is 0 Å². The quantitative estimate of drug-likeness (QED) is 0.621. The van der Waals surface area contributed by atoms with Gasteiger partial charge in [0.15, 0.2) is 0 Å². The molecule has 0 fully saturated rings. The maximum Gasteiger partial charge on any atom is 0.0460 e. The van der Waals surface area contributed by atoms with Crippen molar-refractivity contribution in [2.45, 2.75) is 0 Å². The van der Waals surface area contributed by atoms with E-state index in [9.17, 15) is 0 Å². The minimum Gasteiger partial charge on any atom is -0.361 e. The van der Waals surface area contributed by atoms with Gasteiger partial charge in [-0.05, 0) is 22.9 Å². The zero-order chi connectivity index (χ0) is 8.67. The number of H-pyrrole nitrogens is 1. The second-order valence-electron chi connectivity index (χ2n) is 3.23. The Hall–Kier alpha value is -1.28. The highest BCUT2D eigenvalue weighted by Gasteiger charge is 1.98. The first-order chi connectivity index (χ1) is 6.45. The third-order valence-electron chi connectivity index (χ3n) is 2.46. The third kappa shape index (κ3) is 1.23. The highest BCUT2D eigenvalue weighted by atomic mass is 79.9. The van der Waals surface area contributed by atoms with Crippen LogP contribution in [0.15, 0.2) is 48.7 Å². The van der Waals surface area contributed by atoms with Crippen LogP contribution in [-0.4, -0.2) is 4.98 Å². The molecule has 0 atom stereocenters. The lowest BCUT2D eigenvalue weighted by molar-refractivity contribution is 1.48. The Balaban J connectivity index is 0.000000750. The van der Waals surface area contributed by atoms with E-state index in [1.165, 1.54) is 21.7 Å². The van der Waals surface area contributed by atoms with Gasteiger partial charge in [0.05, 0.1) is 0 Å². The van der Waals surface area contributed by atoms with Crippen molar-refractivity contribution >= 4 is 38.7 Å². The first-order valence-electron chi connectivity index (χ1n) is 4.40. The van der Waals surface area contributed by atoms with Gasteiger partial charge < -0.3 is 4.98 Å². The van der Waals surface area contributed by atoms with Crippen molar-refractivity contribution in [3.8, 4) is 0 Å². The summed E-state index contributed by atoms with van der Waals surface area (Å²) in [6.45, 7) is 0. The molecule has 3 rings (SSSR count). The third-order valence-corrected chi connectivity index (χ3v) is 2.46. The summed E-state index contributed by atoms with van der Waals surface area (Å²) in [5.74, 6) is 0. The Kier molecular flexibility index (Phi) is 2.30. The number of rotatable bonds is 0. The fraction of sp³-hybridized carbons (Fsp3) is 0. The van der Waals surface area contributed by atoms with Crippen molar-refractivity contribution in [2.24, 2.45) is 0 Å². The topological polar surface area (TPSA) is 15.8 Å². The summed E-state index contributed by atoms with van der Waals surface area (Å²) in [4.78, 5) is 3.21.